The van der Waals surface area contributed by atoms with Crippen LogP contribution in [0.2, 0.25) is 0 Å². The van der Waals surface area contributed by atoms with Crippen LogP contribution in [-0.2, 0) is 11.8 Å². The molecule has 2 bridgehead atoms. The quantitative estimate of drug-likeness (QED) is 0.835. The van der Waals surface area contributed by atoms with Crippen LogP contribution in [-0.4, -0.2) is 55.7 Å². The Bertz CT molecular complexity index is 567. The molecule has 3 aliphatic rings. The SMILES string of the molecule is COc1ccc2c(c1)[C@@]1(C)CCN(C)C(C2)C1N1CCCC1. The summed E-state index contributed by atoms with van der Waals surface area (Å²) in [5.41, 5.74) is 3.35. The number of methoxy groups -OCH3 is 1. The van der Waals surface area contributed by atoms with Gasteiger partial charge in [0.05, 0.1) is 7.11 Å². The second-order valence-electron chi connectivity index (χ2n) is 7.63. The molecule has 120 valence electrons. The Morgan fingerprint density at radius 1 is 1.18 bits per heavy atom. The molecular formula is C19H28N2O. The topological polar surface area (TPSA) is 15.7 Å². The number of hydrogen-bond donors (Lipinski definition) is 0. The molecule has 2 fully saturated rings. The molecule has 4 rings (SSSR count). The molecule has 0 spiro atoms. The predicted molar refractivity (Wildman–Crippen MR) is 89.7 cm³/mol. The molecule has 2 saturated heterocycles. The van der Waals surface area contributed by atoms with E-state index in [2.05, 4.69) is 42.0 Å². The fourth-order valence-corrected chi connectivity index (χ4v) is 5.23. The fourth-order valence-electron chi connectivity index (χ4n) is 5.23. The van der Waals surface area contributed by atoms with Crippen LogP contribution in [0.4, 0.5) is 0 Å². The van der Waals surface area contributed by atoms with Crippen molar-refractivity contribution in [2.75, 3.05) is 33.8 Å². The van der Waals surface area contributed by atoms with Gasteiger partial charge in [0.2, 0.25) is 0 Å². The van der Waals surface area contributed by atoms with Gasteiger partial charge in [0, 0.05) is 17.5 Å². The number of likely N-dealkylation sites (tertiary alicyclic amines) is 2. The molecule has 2 unspecified atom stereocenters. The summed E-state index contributed by atoms with van der Waals surface area (Å²) in [6.45, 7) is 6.28. The normalized spacial score (nSPS) is 35.4. The summed E-state index contributed by atoms with van der Waals surface area (Å²) in [5, 5.41) is 0. The van der Waals surface area contributed by atoms with E-state index in [-0.39, 0.29) is 5.41 Å². The van der Waals surface area contributed by atoms with Gasteiger partial charge in [-0.2, -0.15) is 0 Å². The third kappa shape index (κ3) is 2.02. The number of ether oxygens (including phenoxy) is 1. The Labute approximate surface area is 134 Å². The highest BCUT2D eigenvalue weighted by molar-refractivity contribution is 5.46. The Balaban J connectivity index is 1.82. The summed E-state index contributed by atoms with van der Waals surface area (Å²) in [6, 6.07) is 8.08. The molecule has 1 aliphatic carbocycles. The van der Waals surface area contributed by atoms with Crippen molar-refractivity contribution in [3.63, 3.8) is 0 Å². The maximum absolute atomic E-state index is 5.52. The number of rotatable bonds is 2. The van der Waals surface area contributed by atoms with Crippen molar-refractivity contribution in [3.8, 4) is 5.75 Å². The molecular weight excluding hydrogens is 272 g/mol. The minimum atomic E-state index is 0.267. The van der Waals surface area contributed by atoms with Gasteiger partial charge in [-0.3, -0.25) is 4.90 Å². The smallest absolute Gasteiger partial charge is 0.119 e. The van der Waals surface area contributed by atoms with Crippen molar-refractivity contribution in [2.24, 2.45) is 0 Å². The summed E-state index contributed by atoms with van der Waals surface area (Å²) < 4.78 is 5.52. The second-order valence-corrected chi connectivity index (χ2v) is 7.63. The lowest BCUT2D eigenvalue weighted by atomic mass is 9.61. The molecule has 0 N–H and O–H groups in total. The van der Waals surface area contributed by atoms with Gasteiger partial charge < -0.3 is 9.64 Å². The van der Waals surface area contributed by atoms with Crippen molar-refractivity contribution >= 4 is 0 Å². The molecule has 1 aromatic carbocycles. The maximum atomic E-state index is 5.52. The highest BCUT2D eigenvalue weighted by Gasteiger charge is 2.52. The van der Waals surface area contributed by atoms with E-state index in [0.29, 0.717) is 12.1 Å². The van der Waals surface area contributed by atoms with E-state index in [0.717, 1.165) is 5.75 Å². The monoisotopic (exact) mass is 300 g/mol. The number of piperidine rings is 1. The summed E-state index contributed by atoms with van der Waals surface area (Å²) >= 11 is 0. The first-order valence-electron chi connectivity index (χ1n) is 8.75. The second kappa shape index (κ2) is 5.24. The summed E-state index contributed by atoms with van der Waals surface area (Å²) in [4.78, 5) is 5.39. The molecule has 2 aliphatic heterocycles. The number of likely N-dealkylation sites (N-methyl/N-ethyl adjacent to an activating group) is 1. The largest absolute Gasteiger partial charge is 0.497 e. The summed E-state index contributed by atoms with van der Waals surface area (Å²) in [6.07, 6.45) is 5.18. The van der Waals surface area contributed by atoms with E-state index in [1.807, 2.05) is 0 Å². The molecule has 3 nitrogen and oxygen atoms in total. The highest BCUT2D eigenvalue weighted by Crippen LogP contribution is 2.48. The van der Waals surface area contributed by atoms with Crippen LogP contribution in [0, 0.1) is 0 Å². The van der Waals surface area contributed by atoms with Crippen molar-refractivity contribution in [1.29, 1.82) is 0 Å². The average Bonchev–Trinajstić information content (AvgIpc) is 3.05. The summed E-state index contributed by atoms with van der Waals surface area (Å²) in [7, 11) is 4.10. The summed E-state index contributed by atoms with van der Waals surface area (Å²) in [5.74, 6) is 1.01. The average molecular weight is 300 g/mol. The minimum absolute atomic E-state index is 0.267. The lowest BCUT2D eigenvalue weighted by Crippen LogP contribution is -2.66. The van der Waals surface area contributed by atoms with Gasteiger partial charge in [-0.25, -0.2) is 0 Å². The Kier molecular flexibility index (Phi) is 3.46. The van der Waals surface area contributed by atoms with Crippen LogP contribution in [0.3, 0.4) is 0 Å². The highest BCUT2D eigenvalue weighted by atomic mass is 16.5. The molecule has 0 aromatic heterocycles. The van der Waals surface area contributed by atoms with Gasteiger partial charge in [-0.1, -0.05) is 13.0 Å². The van der Waals surface area contributed by atoms with Gasteiger partial charge in [-0.15, -0.1) is 0 Å². The van der Waals surface area contributed by atoms with Crippen molar-refractivity contribution in [3.05, 3.63) is 29.3 Å². The fraction of sp³-hybridized carbons (Fsp3) is 0.684. The number of hydrogen-bond acceptors (Lipinski definition) is 3. The Morgan fingerprint density at radius 2 is 1.95 bits per heavy atom. The standard InChI is InChI=1S/C19H28N2O/c1-19-8-11-20(2)17(18(19)21-9-4-5-10-21)12-14-6-7-15(22-3)13-16(14)19/h6-7,13,17-18H,4-5,8-12H2,1-3H3/t17?,18?,19-/m1/s1. The van der Waals surface area contributed by atoms with E-state index in [1.54, 1.807) is 12.7 Å². The molecule has 22 heavy (non-hydrogen) atoms. The molecule has 2 heterocycles. The van der Waals surface area contributed by atoms with Crippen LogP contribution in [0.1, 0.15) is 37.3 Å². The predicted octanol–water partition coefficient (Wildman–Crippen LogP) is 2.68. The van der Waals surface area contributed by atoms with Gasteiger partial charge in [0.25, 0.3) is 0 Å². The number of nitrogens with zero attached hydrogens (tertiary/aromatic N) is 2. The van der Waals surface area contributed by atoms with Gasteiger partial charge in [0.15, 0.2) is 0 Å². The number of fused-ring (bicyclic) bond motifs is 4. The Morgan fingerprint density at radius 3 is 2.68 bits per heavy atom. The zero-order valence-electron chi connectivity index (χ0n) is 14.1. The van der Waals surface area contributed by atoms with Crippen LogP contribution in [0.25, 0.3) is 0 Å². The minimum Gasteiger partial charge on any atom is -0.497 e. The molecule has 1 aromatic rings. The van der Waals surface area contributed by atoms with Crippen molar-refractivity contribution in [1.82, 2.24) is 9.80 Å². The molecule has 3 heteroatoms. The first-order chi connectivity index (χ1) is 10.6. The Hall–Kier alpha value is -1.06. The maximum Gasteiger partial charge on any atom is 0.119 e. The van der Waals surface area contributed by atoms with E-state index in [9.17, 15) is 0 Å². The third-order valence-corrected chi connectivity index (χ3v) is 6.46. The zero-order chi connectivity index (χ0) is 15.3. The third-order valence-electron chi connectivity index (χ3n) is 6.46. The lowest BCUT2D eigenvalue weighted by Gasteiger charge is -2.57. The molecule has 0 saturated carbocycles. The molecule has 3 atom stereocenters. The van der Waals surface area contributed by atoms with Crippen molar-refractivity contribution in [2.45, 2.75) is 50.1 Å². The first kappa shape index (κ1) is 14.5. The lowest BCUT2D eigenvalue weighted by molar-refractivity contribution is 0.00141. The first-order valence-corrected chi connectivity index (χ1v) is 8.75. The zero-order valence-corrected chi connectivity index (χ0v) is 14.1. The van der Waals surface area contributed by atoms with Crippen LogP contribution in [0.5, 0.6) is 5.75 Å². The van der Waals surface area contributed by atoms with Gasteiger partial charge >= 0.3 is 0 Å². The van der Waals surface area contributed by atoms with Gasteiger partial charge in [0.1, 0.15) is 5.75 Å². The van der Waals surface area contributed by atoms with E-state index < -0.39 is 0 Å². The van der Waals surface area contributed by atoms with Gasteiger partial charge in [-0.05, 0) is 75.6 Å². The van der Waals surface area contributed by atoms with E-state index >= 15 is 0 Å². The van der Waals surface area contributed by atoms with Crippen LogP contribution < -0.4 is 4.74 Å². The number of benzene rings is 1. The molecule has 0 amide bonds. The van der Waals surface area contributed by atoms with Crippen LogP contribution >= 0.6 is 0 Å². The molecule has 0 radical (unpaired) electrons. The van der Waals surface area contributed by atoms with E-state index in [1.165, 1.54) is 50.9 Å². The van der Waals surface area contributed by atoms with Crippen LogP contribution in [0.15, 0.2) is 18.2 Å². The van der Waals surface area contributed by atoms with Crippen molar-refractivity contribution < 1.29 is 4.74 Å². The van der Waals surface area contributed by atoms with E-state index in [4.69, 9.17) is 4.74 Å².